The summed E-state index contributed by atoms with van der Waals surface area (Å²) in [6.07, 6.45) is 0.637. The molecule has 20 heavy (non-hydrogen) atoms. The van der Waals surface area contributed by atoms with Crippen LogP contribution < -0.4 is 11.3 Å². The lowest BCUT2D eigenvalue weighted by Crippen LogP contribution is -2.51. The minimum Gasteiger partial charge on any atom is -0.304 e. The van der Waals surface area contributed by atoms with Gasteiger partial charge in [-0.2, -0.15) is 0 Å². The van der Waals surface area contributed by atoms with Crippen molar-refractivity contribution in [3.63, 3.8) is 0 Å². The Morgan fingerprint density at radius 3 is 2.80 bits per heavy atom. The summed E-state index contributed by atoms with van der Waals surface area (Å²) in [5.41, 5.74) is 2.90. The zero-order chi connectivity index (χ0) is 14.7. The van der Waals surface area contributed by atoms with Gasteiger partial charge in [0.2, 0.25) is 0 Å². The maximum absolute atomic E-state index is 13.8. The van der Waals surface area contributed by atoms with Crippen LogP contribution in [0.25, 0.3) is 0 Å². The Morgan fingerprint density at radius 1 is 1.35 bits per heavy atom. The highest BCUT2D eigenvalue weighted by Gasteiger charge is 2.26. The Bertz CT molecular complexity index is 455. The Labute approximate surface area is 118 Å². The van der Waals surface area contributed by atoms with Gasteiger partial charge in [0.1, 0.15) is 11.6 Å². The fourth-order valence-corrected chi connectivity index (χ4v) is 2.69. The maximum atomic E-state index is 13.8. The number of rotatable bonds is 4. The van der Waals surface area contributed by atoms with E-state index >= 15 is 0 Å². The Hall–Kier alpha value is -1.08. The first-order valence-electron chi connectivity index (χ1n) is 6.81. The van der Waals surface area contributed by atoms with Crippen molar-refractivity contribution in [3.05, 3.63) is 35.4 Å². The second kappa shape index (κ2) is 6.58. The number of nitrogens with zero attached hydrogens (tertiary/aromatic N) is 2. The van der Waals surface area contributed by atoms with Gasteiger partial charge in [-0.25, -0.2) is 8.78 Å². The standard InChI is InChI=1S/C14H22F2N4/c1-19-5-6-20(2)11(9-19)8-14(18-17)12-7-10(15)3-4-13(12)16/h3-4,7,11,14,18H,5-6,8-9,17H2,1-2H3. The van der Waals surface area contributed by atoms with E-state index in [1.165, 1.54) is 6.07 Å². The smallest absolute Gasteiger partial charge is 0.128 e. The third kappa shape index (κ3) is 3.52. The number of nitrogens with one attached hydrogen (secondary N) is 1. The van der Waals surface area contributed by atoms with E-state index in [1.807, 2.05) is 7.05 Å². The molecule has 0 amide bonds. The molecule has 0 saturated carbocycles. The molecule has 2 unspecified atom stereocenters. The van der Waals surface area contributed by atoms with Gasteiger partial charge in [0.25, 0.3) is 0 Å². The number of nitrogens with two attached hydrogens (primary N) is 1. The summed E-state index contributed by atoms with van der Waals surface area (Å²) in [7, 11) is 4.11. The molecular formula is C14H22F2N4. The van der Waals surface area contributed by atoms with Gasteiger partial charge in [0.05, 0.1) is 6.04 Å². The van der Waals surface area contributed by atoms with Crippen LogP contribution in [0.2, 0.25) is 0 Å². The van der Waals surface area contributed by atoms with Crippen molar-refractivity contribution >= 4 is 0 Å². The second-order valence-electron chi connectivity index (χ2n) is 5.52. The zero-order valence-electron chi connectivity index (χ0n) is 11.9. The lowest BCUT2D eigenvalue weighted by atomic mass is 9.97. The largest absolute Gasteiger partial charge is 0.304 e. The highest BCUT2D eigenvalue weighted by atomic mass is 19.1. The molecule has 0 bridgehead atoms. The van der Waals surface area contributed by atoms with E-state index in [-0.39, 0.29) is 11.6 Å². The van der Waals surface area contributed by atoms with E-state index in [1.54, 1.807) is 0 Å². The highest BCUT2D eigenvalue weighted by Crippen LogP contribution is 2.24. The molecule has 0 radical (unpaired) electrons. The number of hydrazine groups is 1. The maximum Gasteiger partial charge on any atom is 0.128 e. The molecule has 1 aliphatic rings. The van der Waals surface area contributed by atoms with E-state index in [4.69, 9.17) is 5.84 Å². The summed E-state index contributed by atoms with van der Waals surface area (Å²) in [5.74, 6) is 4.67. The van der Waals surface area contributed by atoms with Crippen LogP contribution in [-0.2, 0) is 0 Å². The molecule has 0 aromatic heterocycles. The number of likely N-dealkylation sites (N-methyl/N-ethyl adjacent to an activating group) is 2. The number of halogens is 2. The molecule has 1 fully saturated rings. The van der Waals surface area contributed by atoms with Crippen LogP contribution in [0.5, 0.6) is 0 Å². The van der Waals surface area contributed by atoms with Crippen LogP contribution in [0.1, 0.15) is 18.0 Å². The molecule has 0 spiro atoms. The third-order valence-corrected chi connectivity index (χ3v) is 4.02. The van der Waals surface area contributed by atoms with Crippen molar-refractivity contribution in [2.24, 2.45) is 5.84 Å². The van der Waals surface area contributed by atoms with Crippen LogP contribution in [0.4, 0.5) is 8.78 Å². The Kier molecular flexibility index (Phi) is 5.04. The fraction of sp³-hybridized carbons (Fsp3) is 0.571. The highest BCUT2D eigenvalue weighted by molar-refractivity contribution is 5.22. The quantitative estimate of drug-likeness (QED) is 0.642. The Balaban J connectivity index is 2.13. The summed E-state index contributed by atoms with van der Waals surface area (Å²) in [6.45, 7) is 2.87. The first-order chi connectivity index (χ1) is 9.51. The van der Waals surface area contributed by atoms with Crippen molar-refractivity contribution in [2.75, 3.05) is 33.7 Å². The van der Waals surface area contributed by atoms with Crippen LogP contribution >= 0.6 is 0 Å². The molecule has 3 N–H and O–H groups in total. The molecule has 1 aliphatic heterocycles. The molecule has 4 nitrogen and oxygen atoms in total. The SMILES string of the molecule is CN1CCN(C)C(CC(NN)c2cc(F)ccc2F)C1. The summed E-state index contributed by atoms with van der Waals surface area (Å²) < 4.78 is 27.2. The van der Waals surface area contributed by atoms with Gasteiger partial charge in [-0.1, -0.05) is 0 Å². The van der Waals surface area contributed by atoms with Gasteiger partial charge in [0.15, 0.2) is 0 Å². The van der Waals surface area contributed by atoms with Crippen molar-refractivity contribution in [2.45, 2.75) is 18.5 Å². The van der Waals surface area contributed by atoms with Gasteiger partial charge in [-0.05, 0) is 38.7 Å². The van der Waals surface area contributed by atoms with E-state index in [0.717, 1.165) is 31.8 Å². The predicted octanol–water partition coefficient (Wildman–Crippen LogP) is 1.11. The molecule has 1 aromatic rings. The molecule has 6 heteroatoms. The van der Waals surface area contributed by atoms with E-state index < -0.39 is 17.7 Å². The van der Waals surface area contributed by atoms with Crippen LogP contribution in [-0.4, -0.2) is 49.6 Å². The summed E-state index contributed by atoms with van der Waals surface area (Å²) in [4.78, 5) is 4.47. The molecule has 112 valence electrons. The predicted molar refractivity (Wildman–Crippen MR) is 75.0 cm³/mol. The molecule has 1 heterocycles. The topological polar surface area (TPSA) is 44.5 Å². The second-order valence-corrected chi connectivity index (χ2v) is 5.52. The van der Waals surface area contributed by atoms with E-state index in [9.17, 15) is 8.78 Å². The molecule has 0 aliphatic carbocycles. The van der Waals surface area contributed by atoms with E-state index in [0.29, 0.717) is 6.42 Å². The van der Waals surface area contributed by atoms with Gasteiger partial charge in [-0.3, -0.25) is 11.3 Å². The van der Waals surface area contributed by atoms with Crippen molar-refractivity contribution in [3.8, 4) is 0 Å². The van der Waals surface area contributed by atoms with Crippen molar-refractivity contribution < 1.29 is 8.78 Å². The van der Waals surface area contributed by atoms with Crippen molar-refractivity contribution in [1.82, 2.24) is 15.2 Å². The number of benzene rings is 1. The van der Waals surface area contributed by atoms with Crippen LogP contribution in [0.15, 0.2) is 18.2 Å². The number of hydrogen-bond acceptors (Lipinski definition) is 4. The van der Waals surface area contributed by atoms with Gasteiger partial charge >= 0.3 is 0 Å². The van der Waals surface area contributed by atoms with Gasteiger partial charge < -0.3 is 9.80 Å². The third-order valence-electron chi connectivity index (χ3n) is 4.02. The normalized spacial score (nSPS) is 22.9. The minimum absolute atomic E-state index is 0.262. The summed E-state index contributed by atoms with van der Waals surface area (Å²) >= 11 is 0. The van der Waals surface area contributed by atoms with Crippen LogP contribution in [0.3, 0.4) is 0 Å². The summed E-state index contributed by atoms with van der Waals surface area (Å²) in [6, 6.07) is 3.34. The summed E-state index contributed by atoms with van der Waals surface area (Å²) in [5, 5.41) is 0. The van der Waals surface area contributed by atoms with Crippen LogP contribution in [0, 0.1) is 11.6 Å². The fourth-order valence-electron chi connectivity index (χ4n) is 2.69. The number of hydrogen-bond donors (Lipinski definition) is 2. The zero-order valence-corrected chi connectivity index (χ0v) is 11.9. The Morgan fingerprint density at radius 2 is 2.10 bits per heavy atom. The lowest BCUT2D eigenvalue weighted by Gasteiger charge is -2.39. The molecular weight excluding hydrogens is 262 g/mol. The van der Waals surface area contributed by atoms with Gasteiger partial charge in [0, 0.05) is 31.2 Å². The molecule has 1 saturated heterocycles. The van der Waals surface area contributed by atoms with Crippen molar-refractivity contribution in [1.29, 1.82) is 0 Å². The first kappa shape index (κ1) is 15.3. The minimum atomic E-state index is -0.448. The van der Waals surface area contributed by atoms with Gasteiger partial charge in [-0.15, -0.1) is 0 Å². The average molecular weight is 284 g/mol. The lowest BCUT2D eigenvalue weighted by molar-refractivity contribution is 0.101. The average Bonchev–Trinajstić information content (AvgIpc) is 2.42. The first-order valence-corrected chi connectivity index (χ1v) is 6.81. The molecule has 1 aromatic carbocycles. The molecule has 2 rings (SSSR count). The molecule has 2 atom stereocenters. The number of piperazine rings is 1. The monoisotopic (exact) mass is 284 g/mol. The van der Waals surface area contributed by atoms with E-state index in [2.05, 4.69) is 22.3 Å².